The lowest BCUT2D eigenvalue weighted by Gasteiger charge is -2.39. The summed E-state index contributed by atoms with van der Waals surface area (Å²) >= 11 is 6.27. The van der Waals surface area contributed by atoms with E-state index in [1.54, 1.807) is 6.92 Å². The number of hydrogen-bond acceptors (Lipinski definition) is 4. The summed E-state index contributed by atoms with van der Waals surface area (Å²) in [6.07, 6.45) is 0.831. The smallest absolute Gasteiger partial charge is 0.224 e. The molecule has 2 aromatic rings. The van der Waals surface area contributed by atoms with E-state index in [0.717, 1.165) is 49.7 Å². The summed E-state index contributed by atoms with van der Waals surface area (Å²) in [5.41, 5.74) is 4.30. The molecule has 1 N–H and O–H groups in total. The van der Waals surface area contributed by atoms with E-state index in [1.165, 1.54) is 5.69 Å². The number of carbonyl (C=O) groups is 1. The molecule has 6 heteroatoms. The Morgan fingerprint density at radius 2 is 1.86 bits per heavy atom. The highest BCUT2D eigenvalue weighted by Gasteiger charge is 2.32. The highest BCUT2D eigenvalue weighted by atomic mass is 35.5. The van der Waals surface area contributed by atoms with E-state index in [1.807, 2.05) is 23.1 Å². The average molecular weight is 400 g/mol. The average Bonchev–Trinajstić information content (AvgIpc) is 2.69. The second-order valence-electron chi connectivity index (χ2n) is 7.52. The number of morpholine rings is 1. The lowest BCUT2D eigenvalue weighted by Crippen LogP contribution is -2.43. The Bertz CT molecular complexity index is 849. The van der Waals surface area contributed by atoms with Crippen LogP contribution in [0.15, 0.2) is 42.5 Å². The van der Waals surface area contributed by atoms with E-state index < -0.39 is 0 Å². The van der Waals surface area contributed by atoms with Gasteiger partial charge in [-0.3, -0.25) is 4.79 Å². The zero-order valence-electron chi connectivity index (χ0n) is 16.3. The van der Waals surface area contributed by atoms with Gasteiger partial charge >= 0.3 is 0 Å². The number of rotatable bonds is 3. The SMILES string of the molecule is CC(=O)N1c2ccc(Cl)cc2C(Nc2ccc(N3CCOCC3)cc2)CC1C. The minimum atomic E-state index is 0.0596. The second kappa shape index (κ2) is 8.02. The molecule has 28 heavy (non-hydrogen) atoms. The number of carbonyl (C=O) groups excluding carboxylic acids is 1. The van der Waals surface area contributed by atoms with Crippen LogP contribution in [0.2, 0.25) is 5.02 Å². The molecule has 0 spiro atoms. The predicted molar refractivity (Wildman–Crippen MR) is 115 cm³/mol. The third-order valence-electron chi connectivity index (χ3n) is 5.57. The van der Waals surface area contributed by atoms with Crippen molar-refractivity contribution in [2.24, 2.45) is 0 Å². The number of ether oxygens (including phenoxy) is 1. The monoisotopic (exact) mass is 399 g/mol. The van der Waals surface area contributed by atoms with Crippen LogP contribution in [0.3, 0.4) is 0 Å². The summed E-state index contributed by atoms with van der Waals surface area (Å²) in [5.74, 6) is 0.0596. The van der Waals surface area contributed by atoms with E-state index in [0.29, 0.717) is 5.02 Å². The summed E-state index contributed by atoms with van der Waals surface area (Å²) in [5, 5.41) is 4.33. The second-order valence-corrected chi connectivity index (χ2v) is 7.96. The van der Waals surface area contributed by atoms with E-state index in [9.17, 15) is 4.79 Å². The normalized spacial score (nSPS) is 22.0. The summed E-state index contributed by atoms with van der Waals surface area (Å²) in [4.78, 5) is 16.4. The highest BCUT2D eigenvalue weighted by Crippen LogP contribution is 2.40. The van der Waals surface area contributed by atoms with E-state index in [-0.39, 0.29) is 18.0 Å². The number of fused-ring (bicyclic) bond motifs is 1. The molecule has 0 aromatic heterocycles. The Labute approximate surface area is 171 Å². The van der Waals surface area contributed by atoms with Crippen molar-refractivity contribution in [3.8, 4) is 0 Å². The van der Waals surface area contributed by atoms with E-state index in [2.05, 4.69) is 41.4 Å². The van der Waals surface area contributed by atoms with Crippen molar-refractivity contribution >= 4 is 34.6 Å². The lowest BCUT2D eigenvalue weighted by atomic mass is 9.91. The summed E-state index contributed by atoms with van der Waals surface area (Å²) in [6, 6.07) is 14.5. The topological polar surface area (TPSA) is 44.8 Å². The van der Waals surface area contributed by atoms with Gasteiger partial charge in [-0.05, 0) is 61.4 Å². The number of hydrogen-bond donors (Lipinski definition) is 1. The van der Waals surface area contributed by atoms with Crippen LogP contribution in [0.25, 0.3) is 0 Å². The van der Waals surface area contributed by atoms with Crippen LogP contribution in [0.1, 0.15) is 31.9 Å². The number of amides is 1. The van der Waals surface area contributed by atoms with E-state index >= 15 is 0 Å². The van der Waals surface area contributed by atoms with Crippen molar-refractivity contribution in [3.63, 3.8) is 0 Å². The summed E-state index contributed by atoms with van der Waals surface area (Å²) in [6.45, 7) is 7.13. The first-order valence-electron chi connectivity index (χ1n) is 9.81. The fraction of sp³-hybridized carbons (Fsp3) is 0.409. The Morgan fingerprint density at radius 1 is 1.14 bits per heavy atom. The number of benzene rings is 2. The predicted octanol–water partition coefficient (Wildman–Crippen LogP) is 4.47. The van der Waals surface area contributed by atoms with Crippen LogP contribution in [0, 0.1) is 0 Å². The first-order chi connectivity index (χ1) is 13.5. The lowest BCUT2D eigenvalue weighted by molar-refractivity contribution is -0.117. The third kappa shape index (κ3) is 3.82. The van der Waals surface area contributed by atoms with Gasteiger partial charge in [-0.1, -0.05) is 11.6 Å². The molecule has 4 rings (SSSR count). The molecule has 2 aliphatic rings. The van der Waals surface area contributed by atoms with Gasteiger partial charge in [-0.2, -0.15) is 0 Å². The van der Waals surface area contributed by atoms with Crippen LogP contribution in [0.4, 0.5) is 17.1 Å². The third-order valence-corrected chi connectivity index (χ3v) is 5.80. The molecule has 2 heterocycles. The Kier molecular flexibility index (Phi) is 5.47. The molecule has 0 bridgehead atoms. The molecule has 2 aromatic carbocycles. The van der Waals surface area contributed by atoms with Gasteiger partial charge in [0.15, 0.2) is 0 Å². The number of nitrogens with one attached hydrogen (secondary N) is 1. The fourth-order valence-corrected chi connectivity index (χ4v) is 4.42. The molecular formula is C22H26ClN3O2. The maximum absolute atomic E-state index is 12.2. The molecule has 2 unspecified atom stereocenters. The molecule has 1 fully saturated rings. The quantitative estimate of drug-likeness (QED) is 0.826. The number of halogens is 1. The largest absolute Gasteiger partial charge is 0.378 e. The standard InChI is InChI=1S/C22H26ClN3O2/c1-15-13-21(20-14-17(23)3-8-22(20)26(15)16(2)27)24-18-4-6-19(7-5-18)25-9-11-28-12-10-25/h3-8,14-15,21,24H,9-13H2,1-2H3. The maximum Gasteiger partial charge on any atom is 0.224 e. The summed E-state index contributed by atoms with van der Waals surface area (Å²) in [7, 11) is 0. The molecule has 5 nitrogen and oxygen atoms in total. The van der Waals surface area contributed by atoms with Gasteiger partial charge in [0.25, 0.3) is 0 Å². The Morgan fingerprint density at radius 3 is 2.54 bits per heavy atom. The van der Waals surface area contributed by atoms with Crippen molar-refractivity contribution in [2.45, 2.75) is 32.4 Å². The molecule has 0 saturated carbocycles. The van der Waals surface area contributed by atoms with Crippen molar-refractivity contribution in [2.75, 3.05) is 41.4 Å². The molecular weight excluding hydrogens is 374 g/mol. The van der Waals surface area contributed by atoms with Crippen LogP contribution in [-0.2, 0) is 9.53 Å². The van der Waals surface area contributed by atoms with Crippen molar-refractivity contribution in [1.82, 2.24) is 0 Å². The number of anilines is 3. The first kappa shape index (κ1) is 19.1. The highest BCUT2D eigenvalue weighted by molar-refractivity contribution is 6.30. The Balaban J connectivity index is 1.56. The number of nitrogens with zero attached hydrogens (tertiary/aromatic N) is 2. The maximum atomic E-state index is 12.2. The van der Waals surface area contributed by atoms with E-state index in [4.69, 9.17) is 16.3 Å². The zero-order chi connectivity index (χ0) is 19.7. The minimum Gasteiger partial charge on any atom is -0.378 e. The molecule has 2 atom stereocenters. The van der Waals surface area contributed by atoms with Crippen LogP contribution < -0.4 is 15.1 Å². The molecule has 148 valence electrons. The Hall–Kier alpha value is -2.24. The van der Waals surface area contributed by atoms with Crippen LogP contribution in [-0.4, -0.2) is 38.3 Å². The van der Waals surface area contributed by atoms with Gasteiger partial charge in [-0.25, -0.2) is 0 Å². The van der Waals surface area contributed by atoms with Crippen molar-refractivity contribution in [1.29, 1.82) is 0 Å². The van der Waals surface area contributed by atoms with Crippen LogP contribution in [0.5, 0.6) is 0 Å². The molecule has 0 aliphatic carbocycles. The van der Waals surface area contributed by atoms with Crippen LogP contribution >= 0.6 is 11.6 Å². The van der Waals surface area contributed by atoms with Crippen molar-refractivity contribution < 1.29 is 9.53 Å². The van der Waals surface area contributed by atoms with Gasteiger partial charge in [0.1, 0.15) is 0 Å². The van der Waals surface area contributed by atoms with Gasteiger partial charge in [0.2, 0.25) is 5.91 Å². The first-order valence-corrected chi connectivity index (χ1v) is 10.2. The summed E-state index contributed by atoms with van der Waals surface area (Å²) < 4.78 is 5.43. The zero-order valence-corrected chi connectivity index (χ0v) is 17.1. The van der Waals surface area contributed by atoms with Crippen molar-refractivity contribution in [3.05, 3.63) is 53.1 Å². The molecule has 0 radical (unpaired) electrons. The minimum absolute atomic E-state index is 0.0596. The fourth-order valence-electron chi connectivity index (χ4n) is 4.24. The molecule has 1 saturated heterocycles. The van der Waals surface area contributed by atoms with Gasteiger partial charge in [0, 0.05) is 48.1 Å². The van der Waals surface area contributed by atoms with Gasteiger partial charge < -0.3 is 19.9 Å². The van der Waals surface area contributed by atoms with Gasteiger partial charge in [0.05, 0.1) is 19.3 Å². The molecule has 2 aliphatic heterocycles. The van der Waals surface area contributed by atoms with Gasteiger partial charge in [-0.15, -0.1) is 0 Å². The molecule has 1 amide bonds.